The lowest BCUT2D eigenvalue weighted by Crippen LogP contribution is -2.34. The molecule has 0 aliphatic heterocycles. The van der Waals surface area contributed by atoms with Crippen LogP contribution in [0.4, 0.5) is 0 Å². The lowest BCUT2D eigenvalue weighted by molar-refractivity contribution is -0.117. The molecule has 1 amide bonds. The van der Waals surface area contributed by atoms with E-state index in [1.807, 2.05) is 69.6 Å². The predicted molar refractivity (Wildman–Crippen MR) is 101 cm³/mol. The van der Waals surface area contributed by atoms with Gasteiger partial charge in [0.15, 0.2) is 0 Å². The Bertz CT molecular complexity index is 711. The highest BCUT2D eigenvalue weighted by Crippen LogP contribution is 2.18. The van der Waals surface area contributed by atoms with Gasteiger partial charge in [-0.1, -0.05) is 54.1 Å². The zero-order chi connectivity index (χ0) is 17.5. The van der Waals surface area contributed by atoms with E-state index in [9.17, 15) is 4.79 Å². The van der Waals surface area contributed by atoms with Crippen LogP contribution in [0.5, 0.6) is 0 Å². The van der Waals surface area contributed by atoms with E-state index in [1.54, 1.807) is 12.2 Å². The number of hydrogen-bond acceptors (Lipinski definition) is 2. The van der Waals surface area contributed by atoms with Gasteiger partial charge >= 0.3 is 0 Å². The first-order valence-electron chi connectivity index (χ1n) is 7.90. The van der Waals surface area contributed by atoms with Gasteiger partial charge in [-0.3, -0.25) is 4.79 Å². The fourth-order valence-electron chi connectivity index (χ4n) is 2.39. The third-order valence-corrected chi connectivity index (χ3v) is 4.10. The fraction of sp³-hybridized carbons (Fsp3) is 0.250. The van der Waals surface area contributed by atoms with Crippen LogP contribution in [0.3, 0.4) is 0 Å². The molecule has 1 atom stereocenters. The molecule has 0 fully saturated rings. The van der Waals surface area contributed by atoms with E-state index in [-0.39, 0.29) is 11.9 Å². The molecule has 2 aromatic rings. The van der Waals surface area contributed by atoms with Gasteiger partial charge in [0, 0.05) is 17.6 Å². The predicted octanol–water partition coefficient (Wildman–Crippen LogP) is 4.08. The molecule has 0 aliphatic rings. The second kappa shape index (κ2) is 8.67. The van der Waals surface area contributed by atoms with Crippen LogP contribution in [0.15, 0.2) is 54.6 Å². The monoisotopic (exact) mass is 342 g/mol. The minimum absolute atomic E-state index is 0.0556. The smallest absolute Gasteiger partial charge is 0.244 e. The molecule has 0 saturated carbocycles. The second-order valence-electron chi connectivity index (χ2n) is 6.08. The zero-order valence-corrected chi connectivity index (χ0v) is 15.0. The number of likely N-dealkylation sites (N-methyl/N-ethyl adjacent to an activating group) is 1. The van der Waals surface area contributed by atoms with Crippen molar-refractivity contribution >= 4 is 23.6 Å². The lowest BCUT2D eigenvalue weighted by atomic mass is 10.1. The van der Waals surface area contributed by atoms with Crippen LogP contribution in [0, 0.1) is 6.92 Å². The largest absolute Gasteiger partial charge is 0.344 e. The number of carbonyl (C=O) groups is 1. The topological polar surface area (TPSA) is 32.3 Å². The van der Waals surface area contributed by atoms with Crippen LogP contribution in [0.1, 0.15) is 22.7 Å². The first kappa shape index (κ1) is 18.2. The molecule has 0 aromatic heterocycles. The van der Waals surface area contributed by atoms with Gasteiger partial charge in [-0.05, 0) is 49.9 Å². The summed E-state index contributed by atoms with van der Waals surface area (Å²) in [6.07, 6.45) is 3.32. The molecule has 0 bridgehead atoms. The summed E-state index contributed by atoms with van der Waals surface area (Å²) >= 11 is 6.11. The minimum atomic E-state index is -0.123. The molecular formula is C20H23ClN2O. The molecule has 0 heterocycles. The number of halogens is 1. The summed E-state index contributed by atoms with van der Waals surface area (Å²) in [5.74, 6) is -0.123. The normalized spacial score (nSPS) is 12.5. The summed E-state index contributed by atoms with van der Waals surface area (Å²) in [7, 11) is 3.98. The molecule has 0 unspecified atom stereocenters. The van der Waals surface area contributed by atoms with Crippen LogP contribution in [-0.4, -0.2) is 31.4 Å². The van der Waals surface area contributed by atoms with E-state index in [1.165, 1.54) is 0 Å². The first-order valence-corrected chi connectivity index (χ1v) is 8.28. The summed E-state index contributed by atoms with van der Waals surface area (Å²) in [5.41, 5.74) is 3.02. The van der Waals surface area contributed by atoms with E-state index in [4.69, 9.17) is 11.6 Å². The van der Waals surface area contributed by atoms with Gasteiger partial charge in [0.1, 0.15) is 0 Å². The third kappa shape index (κ3) is 5.52. The molecule has 3 nitrogen and oxygen atoms in total. The second-order valence-corrected chi connectivity index (χ2v) is 6.48. The lowest BCUT2D eigenvalue weighted by Gasteiger charge is -2.22. The van der Waals surface area contributed by atoms with Gasteiger partial charge in [0.25, 0.3) is 0 Å². The molecule has 0 spiro atoms. The van der Waals surface area contributed by atoms with Crippen molar-refractivity contribution < 1.29 is 4.79 Å². The van der Waals surface area contributed by atoms with Crippen LogP contribution < -0.4 is 5.32 Å². The van der Waals surface area contributed by atoms with E-state index in [0.29, 0.717) is 5.02 Å². The van der Waals surface area contributed by atoms with Gasteiger partial charge < -0.3 is 10.2 Å². The SMILES string of the molecule is Cc1ccc(/C=C/C(=O)N[C@H](CN(C)C)c2ccccc2)cc1Cl. The Hall–Kier alpha value is -2.10. The molecule has 126 valence electrons. The minimum Gasteiger partial charge on any atom is -0.344 e. The maximum absolute atomic E-state index is 12.3. The Morgan fingerprint density at radius 2 is 1.92 bits per heavy atom. The average molecular weight is 343 g/mol. The number of amides is 1. The Kier molecular flexibility index (Phi) is 6.59. The molecule has 0 aliphatic carbocycles. The standard InChI is InChI=1S/C20H23ClN2O/c1-15-9-10-16(13-18(15)21)11-12-20(24)22-19(14-23(2)3)17-7-5-4-6-8-17/h4-13,19H,14H2,1-3H3,(H,22,24)/b12-11+/t19-/m1/s1. The molecule has 0 radical (unpaired) electrons. The van der Waals surface area contributed by atoms with Gasteiger partial charge in [-0.15, -0.1) is 0 Å². The number of hydrogen-bond donors (Lipinski definition) is 1. The van der Waals surface area contributed by atoms with Gasteiger partial charge in [-0.2, -0.15) is 0 Å². The van der Waals surface area contributed by atoms with Crippen molar-refractivity contribution in [2.75, 3.05) is 20.6 Å². The van der Waals surface area contributed by atoms with Gasteiger partial charge in [0.2, 0.25) is 5.91 Å². The molecule has 0 saturated heterocycles. The maximum atomic E-state index is 12.3. The van der Waals surface area contributed by atoms with Crippen molar-refractivity contribution in [2.45, 2.75) is 13.0 Å². The Labute approximate surface area is 148 Å². The Morgan fingerprint density at radius 3 is 2.54 bits per heavy atom. The molecule has 1 N–H and O–H groups in total. The van der Waals surface area contributed by atoms with Crippen LogP contribution >= 0.6 is 11.6 Å². The fourth-order valence-corrected chi connectivity index (χ4v) is 2.58. The molecular weight excluding hydrogens is 320 g/mol. The van der Waals surface area contributed by atoms with Crippen molar-refractivity contribution in [3.63, 3.8) is 0 Å². The highest BCUT2D eigenvalue weighted by atomic mass is 35.5. The summed E-state index contributed by atoms with van der Waals surface area (Å²) in [4.78, 5) is 14.3. The summed E-state index contributed by atoms with van der Waals surface area (Å²) < 4.78 is 0. The van der Waals surface area contributed by atoms with Crippen molar-refractivity contribution in [3.05, 3.63) is 76.3 Å². The molecule has 2 aromatic carbocycles. The molecule has 24 heavy (non-hydrogen) atoms. The highest BCUT2D eigenvalue weighted by molar-refractivity contribution is 6.31. The number of rotatable bonds is 6. The van der Waals surface area contributed by atoms with Crippen LogP contribution in [-0.2, 0) is 4.79 Å². The van der Waals surface area contributed by atoms with Crippen LogP contribution in [0.2, 0.25) is 5.02 Å². The average Bonchev–Trinajstić information content (AvgIpc) is 2.56. The number of nitrogens with one attached hydrogen (secondary N) is 1. The summed E-state index contributed by atoms with van der Waals surface area (Å²) in [6, 6.07) is 15.7. The highest BCUT2D eigenvalue weighted by Gasteiger charge is 2.13. The zero-order valence-electron chi connectivity index (χ0n) is 14.3. The van der Waals surface area contributed by atoms with E-state index >= 15 is 0 Å². The first-order chi connectivity index (χ1) is 11.5. The Balaban J connectivity index is 2.07. The third-order valence-electron chi connectivity index (χ3n) is 3.69. The van der Waals surface area contributed by atoms with Crippen molar-refractivity contribution in [1.29, 1.82) is 0 Å². The van der Waals surface area contributed by atoms with Crippen LogP contribution in [0.25, 0.3) is 6.08 Å². The molecule has 4 heteroatoms. The Morgan fingerprint density at radius 1 is 1.21 bits per heavy atom. The molecule has 2 rings (SSSR count). The number of carbonyl (C=O) groups excluding carboxylic acids is 1. The summed E-state index contributed by atoms with van der Waals surface area (Å²) in [6.45, 7) is 2.69. The van der Waals surface area contributed by atoms with E-state index < -0.39 is 0 Å². The number of benzene rings is 2. The van der Waals surface area contributed by atoms with Crippen molar-refractivity contribution in [2.24, 2.45) is 0 Å². The van der Waals surface area contributed by atoms with Gasteiger partial charge in [-0.25, -0.2) is 0 Å². The maximum Gasteiger partial charge on any atom is 0.244 e. The van der Waals surface area contributed by atoms with Crippen molar-refractivity contribution in [3.8, 4) is 0 Å². The van der Waals surface area contributed by atoms with E-state index in [0.717, 1.165) is 23.2 Å². The summed E-state index contributed by atoms with van der Waals surface area (Å²) in [5, 5.41) is 3.76. The van der Waals surface area contributed by atoms with Crippen molar-refractivity contribution in [1.82, 2.24) is 10.2 Å². The van der Waals surface area contributed by atoms with E-state index in [2.05, 4.69) is 10.2 Å². The van der Waals surface area contributed by atoms with Gasteiger partial charge in [0.05, 0.1) is 6.04 Å². The number of aryl methyl sites for hydroxylation is 1. The quantitative estimate of drug-likeness (QED) is 0.802. The number of nitrogens with zero attached hydrogens (tertiary/aromatic N) is 1.